The SMILES string of the molecule is COc1ccc(NC(c2ccc(Br)cc2)C2CCCO2)cc1. The van der Waals surface area contributed by atoms with Gasteiger partial charge in [-0.05, 0) is 54.8 Å². The summed E-state index contributed by atoms with van der Waals surface area (Å²) < 4.78 is 12.2. The molecule has 3 nitrogen and oxygen atoms in total. The number of hydrogen-bond donors (Lipinski definition) is 1. The molecule has 2 aromatic carbocycles. The molecular formula is C18H20BrNO2. The third-order valence-electron chi connectivity index (χ3n) is 3.98. The van der Waals surface area contributed by atoms with E-state index in [9.17, 15) is 0 Å². The van der Waals surface area contributed by atoms with Gasteiger partial charge in [0.25, 0.3) is 0 Å². The van der Waals surface area contributed by atoms with Gasteiger partial charge in [-0.15, -0.1) is 0 Å². The first kappa shape index (κ1) is 15.4. The number of nitrogens with one attached hydrogen (secondary N) is 1. The lowest BCUT2D eigenvalue weighted by molar-refractivity contribution is 0.0954. The molecule has 0 aromatic heterocycles. The summed E-state index contributed by atoms with van der Waals surface area (Å²) in [7, 11) is 1.68. The van der Waals surface area contributed by atoms with Gasteiger partial charge in [-0.3, -0.25) is 0 Å². The minimum Gasteiger partial charge on any atom is -0.497 e. The van der Waals surface area contributed by atoms with Crippen LogP contribution < -0.4 is 10.1 Å². The van der Waals surface area contributed by atoms with Gasteiger partial charge < -0.3 is 14.8 Å². The van der Waals surface area contributed by atoms with E-state index >= 15 is 0 Å². The van der Waals surface area contributed by atoms with Crippen LogP contribution in [0.4, 0.5) is 5.69 Å². The Kier molecular flexibility index (Phi) is 5.01. The molecule has 0 aliphatic carbocycles. The van der Waals surface area contributed by atoms with E-state index < -0.39 is 0 Å². The van der Waals surface area contributed by atoms with Gasteiger partial charge in [0, 0.05) is 16.8 Å². The number of ether oxygens (including phenoxy) is 2. The van der Waals surface area contributed by atoms with Gasteiger partial charge in [-0.25, -0.2) is 0 Å². The van der Waals surface area contributed by atoms with Crippen LogP contribution in [-0.4, -0.2) is 19.8 Å². The summed E-state index contributed by atoms with van der Waals surface area (Å²) in [5.74, 6) is 0.864. The Hall–Kier alpha value is -1.52. The lowest BCUT2D eigenvalue weighted by Gasteiger charge is -2.26. The van der Waals surface area contributed by atoms with Crippen LogP contribution in [0.15, 0.2) is 53.0 Å². The summed E-state index contributed by atoms with van der Waals surface area (Å²) in [6.07, 6.45) is 2.43. The van der Waals surface area contributed by atoms with E-state index in [0.717, 1.165) is 35.4 Å². The van der Waals surface area contributed by atoms with Gasteiger partial charge in [0.1, 0.15) is 5.75 Å². The first-order valence-corrected chi connectivity index (χ1v) is 8.33. The number of benzene rings is 2. The number of halogens is 1. The van der Waals surface area contributed by atoms with Crippen LogP contribution in [-0.2, 0) is 4.74 Å². The lowest BCUT2D eigenvalue weighted by Crippen LogP contribution is -2.25. The average Bonchev–Trinajstić information content (AvgIpc) is 3.08. The predicted octanol–water partition coefficient (Wildman–Crippen LogP) is 4.79. The first-order chi connectivity index (χ1) is 10.8. The van der Waals surface area contributed by atoms with Crippen molar-refractivity contribution in [1.29, 1.82) is 0 Å². The van der Waals surface area contributed by atoms with Gasteiger partial charge in [0.15, 0.2) is 0 Å². The van der Waals surface area contributed by atoms with E-state index in [-0.39, 0.29) is 12.1 Å². The molecule has 0 amide bonds. The molecule has 1 aliphatic rings. The molecule has 0 bridgehead atoms. The zero-order valence-corrected chi connectivity index (χ0v) is 14.2. The third-order valence-corrected chi connectivity index (χ3v) is 4.51. The molecule has 1 saturated heterocycles. The second-order valence-electron chi connectivity index (χ2n) is 5.45. The molecule has 1 fully saturated rings. The number of anilines is 1. The topological polar surface area (TPSA) is 30.5 Å². The molecule has 1 heterocycles. The minimum absolute atomic E-state index is 0.156. The molecule has 0 radical (unpaired) electrons. The molecule has 2 aromatic rings. The molecule has 2 atom stereocenters. The highest BCUT2D eigenvalue weighted by Crippen LogP contribution is 2.31. The van der Waals surface area contributed by atoms with Crippen molar-refractivity contribution < 1.29 is 9.47 Å². The Morgan fingerprint density at radius 1 is 1.14 bits per heavy atom. The van der Waals surface area contributed by atoms with E-state index in [4.69, 9.17) is 9.47 Å². The van der Waals surface area contributed by atoms with Crippen molar-refractivity contribution in [3.05, 3.63) is 58.6 Å². The Morgan fingerprint density at radius 3 is 2.45 bits per heavy atom. The molecule has 0 saturated carbocycles. The predicted molar refractivity (Wildman–Crippen MR) is 92.5 cm³/mol. The van der Waals surface area contributed by atoms with Crippen LogP contribution in [0.1, 0.15) is 24.4 Å². The zero-order valence-electron chi connectivity index (χ0n) is 12.6. The van der Waals surface area contributed by atoms with Crippen LogP contribution in [0.3, 0.4) is 0 Å². The molecule has 0 spiro atoms. The van der Waals surface area contributed by atoms with Crippen molar-refractivity contribution in [1.82, 2.24) is 0 Å². The van der Waals surface area contributed by atoms with Gasteiger partial charge >= 0.3 is 0 Å². The minimum atomic E-state index is 0.156. The van der Waals surface area contributed by atoms with Crippen LogP contribution in [0.5, 0.6) is 5.75 Å². The average molecular weight is 362 g/mol. The summed E-state index contributed by atoms with van der Waals surface area (Å²) in [6.45, 7) is 0.849. The van der Waals surface area contributed by atoms with Gasteiger partial charge in [-0.1, -0.05) is 28.1 Å². The van der Waals surface area contributed by atoms with Crippen molar-refractivity contribution in [2.45, 2.75) is 25.0 Å². The third kappa shape index (κ3) is 3.62. The zero-order chi connectivity index (χ0) is 15.4. The fourth-order valence-corrected chi connectivity index (χ4v) is 3.06. The van der Waals surface area contributed by atoms with Crippen LogP contribution in [0.2, 0.25) is 0 Å². The Morgan fingerprint density at radius 2 is 1.86 bits per heavy atom. The van der Waals surface area contributed by atoms with Crippen LogP contribution in [0.25, 0.3) is 0 Å². The largest absolute Gasteiger partial charge is 0.497 e. The lowest BCUT2D eigenvalue weighted by atomic mass is 9.99. The Balaban J connectivity index is 1.82. The molecule has 4 heteroatoms. The highest BCUT2D eigenvalue weighted by Gasteiger charge is 2.27. The van der Waals surface area contributed by atoms with E-state index in [0.29, 0.717) is 0 Å². The number of hydrogen-bond acceptors (Lipinski definition) is 3. The normalized spacial score (nSPS) is 18.9. The summed E-state index contributed by atoms with van der Waals surface area (Å²) in [6, 6.07) is 16.6. The van der Waals surface area contributed by atoms with E-state index in [1.54, 1.807) is 7.11 Å². The van der Waals surface area contributed by atoms with Crippen LogP contribution in [0, 0.1) is 0 Å². The van der Waals surface area contributed by atoms with Crippen molar-refractivity contribution in [3.8, 4) is 5.75 Å². The molecule has 22 heavy (non-hydrogen) atoms. The smallest absolute Gasteiger partial charge is 0.119 e. The molecule has 2 unspecified atom stereocenters. The summed E-state index contributed by atoms with van der Waals surface area (Å²) >= 11 is 3.50. The van der Waals surface area contributed by atoms with Crippen molar-refractivity contribution >= 4 is 21.6 Å². The fraction of sp³-hybridized carbons (Fsp3) is 0.333. The number of methoxy groups -OCH3 is 1. The summed E-state index contributed by atoms with van der Waals surface area (Å²) in [4.78, 5) is 0. The molecule has 116 valence electrons. The maximum Gasteiger partial charge on any atom is 0.119 e. The van der Waals surface area contributed by atoms with Crippen molar-refractivity contribution in [2.24, 2.45) is 0 Å². The monoisotopic (exact) mass is 361 g/mol. The maximum atomic E-state index is 5.92. The van der Waals surface area contributed by atoms with Crippen LogP contribution >= 0.6 is 15.9 Å². The fourth-order valence-electron chi connectivity index (χ4n) is 2.79. The molecule has 3 rings (SSSR count). The quantitative estimate of drug-likeness (QED) is 0.830. The van der Waals surface area contributed by atoms with E-state index in [1.165, 1.54) is 5.56 Å². The van der Waals surface area contributed by atoms with Gasteiger partial charge in [0.2, 0.25) is 0 Å². The van der Waals surface area contributed by atoms with E-state index in [1.807, 2.05) is 24.3 Å². The second-order valence-corrected chi connectivity index (χ2v) is 6.37. The number of rotatable bonds is 5. The van der Waals surface area contributed by atoms with Crippen molar-refractivity contribution in [2.75, 3.05) is 19.0 Å². The summed E-state index contributed by atoms with van der Waals surface area (Å²) in [5.41, 5.74) is 2.31. The van der Waals surface area contributed by atoms with Gasteiger partial charge in [0.05, 0.1) is 19.3 Å². The highest BCUT2D eigenvalue weighted by molar-refractivity contribution is 9.10. The highest BCUT2D eigenvalue weighted by atomic mass is 79.9. The maximum absolute atomic E-state index is 5.92. The Bertz CT molecular complexity index is 591. The van der Waals surface area contributed by atoms with E-state index in [2.05, 4.69) is 45.5 Å². The molecule has 1 aliphatic heterocycles. The Labute approximate surface area is 139 Å². The second kappa shape index (κ2) is 7.16. The molecule has 1 N–H and O–H groups in total. The first-order valence-electron chi connectivity index (χ1n) is 7.54. The molecular weight excluding hydrogens is 342 g/mol. The van der Waals surface area contributed by atoms with Crippen molar-refractivity contribution in [3.63, 3.8) is 0 Å². The van der Waals surface area contributed by atoms with Gasteiger partial charge in [-0.2, -0.15) is 0 Å². The summed E-state index contributed by atoms with van der Waals surface area (Å²) in [5, 5.41) is 3.61. The standard InChI is InChI=1S/C18H20BrNO2/c1-21-16-10-8-15(9-11-16)20-18(17-3-2-12-22-17)13-4-6-14(19)7-5-13/h4-11,17-18,20H,2-3,12H2,1H3.